The molecule has 1 N–H and O–H groups in total. The average molecular weight is 472 g/mol. The fourth-order valence-corrected chi connectivity index (χ4v) is 3.99. The number of nitrogens with zero attached hydrogens (tertiary/aromatic N) is 2. The number of hydrogen-bond acceptors (Lipinski definition) is 4. The lowest BCUT2D eigenvalue weighted by molar-refractivity contribution is -0.123. The molecule has 0 radical (unpaired) electrons. The Morgan fingerprint density at radius 1 is 0.886 bits per heavy atom. The Balaban J connectivity index is 1.25. The van der Waals surface area contributed by atoms with Crippen molar-refractivity contribution < 1.29 is 14.3 Å². The molecule has 0 aliphatic heterocycles. The quantitative estimate of drug-likeness (QED) is 0.272. The van der Waals surface area contributed by atoms with Gasteiger partial charge in [0, 0.05) is 19.5 Å². The predicted octanol–water partition coefficient (Wildman–Crippen LogP) is 5.20. The van der Waals surface area contributed by atoms with Crippen LogP contribution in [0.3, 0.4) is 0 Å². The van der Waals surface area contributed by atoms with Crippen LogP contribution in [-0.4, -0.2) is 35.2 Å². The molecule has 0 saturated carbocycles. The van der Waals surface area contributed by atoms with Crippen LogP contribution in [-0.2, 0) is 24.2 Å². The van der Waals surface area contributed by atoms with Crippen molar-refractivity contribution in [3.8, 4) is 11.5 Å². The Labute approximate surface area is 206 Å². The van der Waals surface area contributed by atoms with E-state index in [0.717, 1.165) is 54.8 Å². The second kappa shape index (κ2) is 12.6. The van der Waals surface area contributed by atoms with E-state index in [0.29, 0.717) is 18.9 Å². The lowest BCUT2D eigenvalue weighted by atomic mass is 10.2. The summed E-state index contributed by atoms with van der Waals surface area (Å²) >= 11 is 0. The molecule has 0 aliphatic carbocycles. The van der Waals surface area contributed by atoms with Crippen LogP contribution in [0.1, 0.15) is 31.2 Å². The summed E-state index contributed by atoms with van der Waals surface area (Å²) in [7, 11) is 0. The molecule has 0 fully saturated rings. The smallest absolute Gasteiger partial charge is 0.257 e. The fourth-order valence-electron chi connectivity index (χ4n) is 3.99. The highest BCUT2D eigenvalue weighted by Gasteiger charge is 2.11. The summed E-state index contributed by atoms with van der Waals surface area (Å²) in [5.41, 5.74) is 3.45. The van der Waals surface area contributed by atoms with Crippen molar-refractivity contribution in [2.75, 3.05) is 19.8 Å². The number of aromatic nitrogens is 2. The first-order valence-corrected chi connectivity index (χ1v) is 12.3. The van der Waals surface area contributed by atoms with Crippen LogP contribution in [0.4, 0.5) is 0 Å². The van der Waals surface area contributed by atoms with E-state index in [4.69, 9.17) is 14.5 Å². The van der Waals surface area contributed by atoms with Crippen LogP contribution in [0.2, 0.25) is 0 Å². The van der Waals surface area contributed by atoms with Crippen molar-refractivity contribution in [2.45, 2.75) is 39.2 Å². The molecule has 1 amide bonds. The topological polar surface area (TPSA) is 65.4 Å². The molecule has 0 unspecified atom stereocenters. The minimum Gasteiger partial charge on any atom is -0.494 e. The molecule has 35 heavy (non-hydrogen) atoms. The number of nitrogens with one attached hydrogen (secondary N) is 1. The zero-order valence-electron chi connectivity index (χ0n) is 20.3. The first-order chi connectivity index (χ1) is 17.2. The molecular formula is C29H33N3O3. The summed E-state index contributed by atoms with van der Waals surface area (Å²) in [4.78, 5) is 16.9. The highest BCUT2D eigenvalue weighted by Crippen LogP contribution is 2.18. The molecule has 6 nitrogen and oxygen atoms in total. The van der Waals surface area contributed by atoms with Gasteiger partial charge in [-0.1, -0.05) is 49.4 Å². The highest BCUT2D eigenvalue weighted by atomic mass is 16.5. The van der Waals surface area contributed by atoms with Crippen LogP contribution < -0.4 is 14.8 Å². The van der Waals surface area contributed by atoms with Gasteiger partial charge in [-0.15, -0.1) is 0 Å². The summed E-state index contributed by atoms with van der Waals surface area (Å²) < 4.78 is 13.7. The highest BCUT2D eigenvalue weighted by molar-refractivity contribution is 5.77. The van der Waals surface area contributed by atoms with Gasteiger partial charge in [0.05, 0.1) is 17.6 Å². The summed E-state index contributed by atoms with van der Waals surface area (Å²) in [6.45, 7) is 4.23. The molecule has 4 aromatic rings. The molecule has 6 heteroatoms. The van der Waals surface area contributed by atoms with Crippen molar-refractivity contribution in [3.63, 3.8) is 0 Å². The van der Waals surface area contributed by atoms with Gasteiger partial charge >= 0.3 is 0 Å². The zero-order valence-corrected chi connectivity index (χ0v) is 20.3. The normalized spacial score (nSPS) is 10.9. The number of ether oxygens (including phenoxy) is 2. The maximum absolute atomic E-state index is 12.1. The monoisotopic (exact) mass is 471 g/mol. The Kier molecular flexibility index (Phi) is 8.76. The number of para-hydroxylation sites is 3. The number of hydrogen-bond donors (Lipinski definition) is 1. The third-order valence-corrected chi connectivity index (χ3v) is 5.87. The van der Waals surface area contributed by atoms with Gasteiger partial charge in [-0.05, 0) is 61.2 Å². The summed E-state index contributed by atoms with van der Waals surface area (Å²) in [5.74, 6) is 2.52. The van der Waals surface area contributed by atoms with E-state index in [1.165, 1.54) is 5.56 Å². The minimum atomic E-state index is -0.119. The van der Waals surface area contributed by atoms with Crippen molar-refractivity contribution >= 4 is 16.9 Å². The van der Waals surface area contributed by atoms with Gasteiger partial charge in [-0.2, -0.15) is 0 Å². The summed E-state index contributed by atoms with van der Waals surface area (Å²) in [6, 6.07) is 25.9. The van der Waals surface area contributed by atoms with E-state index in [1.807, 2.05) is 60.7 Å². The largest absolute Gasteiger partial charge is 0.494 e. The summed E-state index contributed by atoms with van der Waals surface area (Å²) in [5, 5.41) is 2.93. The van der Waals surface area contributed by atoms with E-state index >= 15 is 0 Å². The summed E-state index contributed by atoms with van der Waals surface area (Å²) in [6.07, 6.45) is 3.51. The van der Waals surface area contributed by atoms with Crippen LogP contribution in [0, 0.1) is 0 Å². The van der Waals surface area contributed by atoms with Gasteiger partial charge in [0.15, 0.2) is 6.61 Å². The maximum Gasteiger partial charge on any atom is 0.257 e. The minimum absolute atomic E-state index is 0.0176. The van der Waals surface area contributed by atoms with Crippen LogP contribution >= 0.6 is 0 Å². The Morgan fingerprint density at radius 2 is 1.63 bits per heavy atom. The second-order valence-corrected chi connectivity index (χ2v) is 8.42. The van der Waals surface area contributed by atoms with Gasteiger partial charge in [-0.25, -0.2) is 4.98 Å². The van der Waals surface area contributed by atoms with Crippen molar-refractivity contribution in [2.24, 2.45) is 0 Å². The second-order valence-electron chi connectivity index (χ2n) is 8.42. The Hall–Kier alpha value is -3.80. The Bertz CT molecular complexity index is 1200. The lowest BCUT2D eigenvalue weighted by Gasteiger charge is -2.11. The molecule has 1 heterocycles. The van der Waals surface area contributed by atoms with Gasteiger partial charge in [0.2, 0.25) is 0 Å². The van der Waals surface area contributed by atoms with E-state index in [2.05, 4.69) is 35.0 Å². The number of fused-ring (bicyclic) bond motifs is 1. The number of carbonyl (C=O) groups excluding carboxylic acids is 1. The van der Waals surface area contributed by atoms with Crippen LogP contribution in [0.15, 0.2) is 78.9 Å². The van der Waals surface area contributed by atoms with Gasteiger partial charge in [0.25, 0.3) is 5.91 Å². The number of aryl methyl sites for hydroxylation is 3. The van der Waals surface area contributed by atoms with Crippen molar-refractivity contribution in [1.82, 2.24) is 14.9 Å². The molecule has 0 saturated heterocycles. The average Bonchev–Trinajstić information content (AvgIpc) is 3.26. The SMILES string of the molecule is CCc1ccc(OCCCn2c(CCCNC(=O)COc3ccccc3)nc3ccccc32)cc1. The van der Waals surface area contributed by atoms with Crippen molar-refractivity contribution in [3.05, 3.63) is 90.3 Å². The lowest BCUT2D eigenvalue weighted by Crippen LogP contribution is -2.30. The standard InChI is InChI=1S/C29H33N3O3/c1-2-23-15-17-25(18-16-23)34-21-9-20-32-27-13-7-6-12-26(27)31-28(32)14-8-19-30-29(33)22-35-24-10-4-3-5-11-24/h3-7,10-13,15-18H,2,8-9,14,19-22H2,1H3,(H,30,33). The predicted molar refractivity (Wildman–Crippen MR) is 139 cm³/mol. The number of amides is 1. The molecule has 3 aromatic carbocycles. The van der Waals surface area contributed by atoms with E-state index < -0.39 is 0 Å². The number of imidazole rings is 1. The molecule has 0 bridgehead atoms. The first kappa shape index (κ1) is 24.3. The third kappa shape index (κ3) is 7.09. The molecule has 1 aromatic heterocycles. The van der Waals surface area contributed by atoms with Gasteiger partial charge in [-0.3, -0.25) is 4.79 Å². The van der Waals surface area contributed by atoms with E-state index in [9.17, 15) is 4.79 Å². The number of benzene rings is 3. The number of rotatable bonds is 13. The zero-order chi connectivity index (χ0) is 24.3. The molecule has 182 valence electrons. The van der Waals surface area contributed by atoms with Gasteiger partial charge in [0.1, 0.15) is 17.3 Å². The van der Waals surface area contributed by atoms with E-state index in [1.54, 1.807) is 0 Å². The van der Waals surface area contributed by atoms with E-state index in [-0.39, 0.29) is 12.5 Å². The third-order valence-electron chi connectivity index (χ3n) is 5.87. The molecule has 0 atom stereocenters. The number of carbonyl (C=O) groups is 1. The first-order valence-electron chi connectivity index (χ1n) is 12.3. The molecular weight excluding hydrogens is 438 g/mol. The molecule has 4 rings (SSSR count). The molecule has 0 spiro atoms. The van der Waals surface area contributed by atoms with Crippen molar-refractivity contribution in [1.29, 1.82) is 0 Å². The van der Waals surface area contributed by atoms with Crippen LogP contribution in [0.5, 0.6) is 11.5 Å². The van der Waals surface area contributed by atoms with Gasteiger partial charge < -0.3 is 19.4 Å². The Morgan fingerprint density at radius 3 is 2.43 bits per heavy atom. The fraction of sp³-hybridized carbons (Fsp3) is 0.310. The maximum atomic E-state index is 12.1. The van der Waals surface area contributed by atoms with Crippen LogP contribution in [0.25, 0.3) is 11.0 Å². The molecule has 0 aliphatic rings.